The van der Waals surface area contributed by atoms with Crippen LogP contribution in [-0.4, -0.2) is 32.8 Å². The lowest BCUT2D eigenvalue weighted by Gasteiger charge is -2.20. The number of nitro benzene ring substituents is 1. The summed E-state index contributed by atoms with van der Waals surface area (Å²) in [6.07, 6.45) is -1.22. The number of hydrogen-bond acceptors (Lipinski definition) is 7. The molecule has 4 rings (SSSR count). The standard InChI is InChI=1S/C23H16BrClN4O6/c1-12(30)28-23(17-10-14(24)11-19(20(17)31)29(33)34)35-22(27-28)13-6-8-15(9-7-13)26-21(32)16-4-2-3-5-18(16)25/h2-11,23,31H,1H3,(H,26,32). The van der Waals surface area contributed by atoms with E-state index in [1.54, 1.807) is 48.5 Å². The van der Waals surface area contributed by atoms with Gasteiger partial charge in [-0.05, 0) is 42.5 Å². The minimum Gasteiger partial charge on any atom is -0.502 e. The van der Waals surface area contributed by atoms with Crippen LogP contribution in [0.1, 0.15) is 34.6 Å². The number of benzene rings is 3. The molecule has 0 aromatic heterocycles. The van der Waals surface area contributed by atoms with E-state index in [0.717, 1.165) is 11.1 Å². The van der Waals surface area contributed by atoms with Crippen molar-refractivity contribution in [3.63, 3.8) is 0 Å². The first kappa shape index (κ1) is 24.2. The van der Waals surface area contributed by atoms with Gasteiger partial charge in [0.05, 0.1) is 21.1 Å². The number of halogens is 2. The molecule has 0 saturated heterocycles. The fourth-order valence-corrected chi connectivity index (χ4v) is 4.04. The van der Waals surface area contributed by atoms with Crippen molar-refractivity contribution in [1.29, 1.82) is 0 Å². The normalized spacial score (nSPS) is 14.8. The number of nitrogens with one attached hydrogen (secondary N) is 1. The highest BCUT2D eigenvalue weighted by molar-refractivity contribution is 9.10. The number of nitrogens with zero attached hydrogens (tertiary/aromatic N) is 3. The molecule has 0 saturated carbocycles. The number of hydrogen-bond donors (Lipinski definition) is 2. The fourth-order valence-electron chi connectivity index (χ4n) is 3.36. The molecule has 0 radical (unpaired) electrons. The number of ether oxygens (including phenoxy) is 1. The van der Waals surface area contributed by atoms with Gasteiger partial charge < -0.3 is 15.2 Å². The number of phenols is 1. The van der Waals surface area contributed by atoms with Crippen LogP contribution in [0.3, 0.4) is 0 Å². The number of nitro groups is 1. The monoisotopic (exact) mass is 558 g/mol. The van der Waals surface area contributed by atoms with Gasteiger partial charge in [0.2, 0.25) is 23.8 Å². The van der Waals surface area contributed by atoms with E-state index < -0.39 is 28.5 Å². The number of phenolic OH excluding ortho intramolecular Hbond substituents is 1. The van der Waals surface area contributed by atoms with Gasteiger partial charge in [-0.3, -0.25) is 19.7 Å². The van der Waals surface area contributed by atoms with Crippen LogP contribution in [0.2, 0.25) is 5.02 Å². The summed E-state index contributed by atoms with van der Waals surface area (Å²) >= 11 is 9.24. The first-order valence-electron chi connectivity index (χ1n) is 10.0. The van der Waals surface area contributed by atoms with E-state index in [2.05, 4.69) is 26.3 Å². The van der Waals surface area contributed by atoms with Crippen molar-refractivity contribution in [3.05, 3.63) is 97.0 Å². The van der Waals surface area contributed by atoms with Gasteiger partial charge >= 0.3 is 5.69 Å². The van der Waals surface area contributed by atoms with Crippen LogP contribution in [0.5, 0.6) is 5.75 Å². The van der Waals surface area contributed by atoms with E-state index in [1.165, 1.54) is 13.0 Å². The Bertz CT molecular complexity index is 1380. The van der Waals surface area contributed by atoms with Crippen LogP contribution in [0.15, 0.2) is 70.2 Å². The maximum Gasteiger partial charge on any atom is 0.312 e. The highest BCUT2D eigenvalue weighted by Crippen LogP contribution is 2.41. The molecule has 178 valence electrons. The Balaban J connectivity index is 1.58. The van der Waals surface area contributed by atoms with Crippen molar-refractivity contribution in [2.75, 3.05) is 5.32 Å². The van der Waals surface area contributed by atoms with Crippen LogP contribution in [0.25, 0.3) is 0 Å². The van der Waals surface area contributed by atoms with Crippen LogP contribution in [0.4, 0.5) is 11.4 Å². The van der Waals surface area contributed by atoms with Crippen molar-refractivity contribution in [1.82, 2.24) is 5.01 Å². The fraction of sp³-hybridized carbons (Fsp3) is 0.0870. The zero-order valence-corrected chi connectivity index (χ0v) is 20.3. The van der Waals surface area contributed by atoms with E-state index in [9.17, 15) is 24.8 Å². The molecule has 1 aliphatic heterocycles. The molecule has 2 amide bonds. The number of carbonyl (C=O) groups excluding carboxylic acids is 2. The summed E-state index contributed by atoms with van der Waals surface area (Å²) in [4.78, 5) is 35.2. The van der Waals surface area contributed by atoms with E-state index in [-0.39, 0.29) is 17.4 Å². The molecule has 2 N–H and O–H groups in total. The Kier molecular flexibility index (Phi) is 6.72. The molecule has 1 aliphatic rings. The Morgan fingerprint density at radius 1 is 1.20 bits per heavy atom. The van der Waals surface area contributed by atoms with Gasteiger partial charge in [0, 0.05) is 28.7 Å². The quantitative estimate of drug-likeness (QED) is 0.326. The maximum atomic E-state index is 12.5. The minimum absolute atomic E-state index is 0.0105. The smallest absolute Gasteiger partial charge is 0.312 e. The summed E-state index contributed by atoms with van der Waals surface area (Å²) in [6, 6.07) is 15.7. The van der Waals surface area contributed by atoms with E-state index in [1.807, 2.05) is 0 Å². The van der Waals surface area contributed by atoms with Gasteiger partial charge in [-0.2, -0.15) is 5.01 Å². The van der Waals surface area contributed by atoms with Crippen molar-refractivity contribution in [2.24, 2.45) is 5.10 Å². The lowest BCUT2D eigenvalue weighted by Crippen LogP contribution is -2.25. The van der Waals surface area contributed by atoms with Crippen molar-refractivity contribution in [3.8, 4) is 5.75 Å². The van der Waals surface area contributed by atoms with Crippen LogP contribution in [0, 0.1) is 10.1 Å². The summed E-state index contributed by atoms with van der Waals surface area (Å²) in [7, 11) is 0. The Labute approximate surface area is 212 Å². The second-order valence-corrected chi connectivity index (χ2v) is 8.69. The van der Waals surface area contributed by atoms with Crippen LogP contribution in [-0.2, 0) is 9.53 Å². The summed E-state index contributed by atoms with van der Waals surface area (Å²) in [5.41, 5.74) is 0.720. The van der Waals surface area contributed by atoms with E-state index in [4.69, 9.17) is 16.3 Å². The zero-order valence-electron chi connectivity index (χ0n) is 17.9. The third kappa shape index (κ3) is 4.96. The molecule has 12 heteroatoms. The molecule has 3 aromatic rings. The number of amides is 2. The van der Waals surface area contributed by atoms with Crippen molar-refractivity contribution < 1.29 is 24.4 Å². The van der Waals surface area contributed by atoms with Gasteiger partial charge in [-0.1, -0.05) is 39.7 Å². The Morgan fingerprint density at radius 2 is 1.89 bits per heavy atom. The zero-order chi connectivity index (χ0) is 25.3. The van der Waals surface area contributed by atoms with Gasteiger partial charge in [-0.15, -0.1) is 5.10 Å². The van der Waals surface area contributed by atoms with Crippen molar-refractivity contribution in [2.45, 2.75) is 13.2 Å². The highest BCUT2D eigenvalue weighted by Gasteiger charge is 2.37. The summed E-state index contributed by atoms with van der Waals surface area (Å²) in [5.74, 6) is -1.47. The summed E-state index contributed by atoms with van der Waals surface area (Å²) < 4.78 is 6.15. The number of rotatable bonds is 5. The van der Waals surface area contributed by atoms with Gasteiger partial charge in [0.1, 0.15) is 0 Å². The van der Waals surface area contributed by atoms with Crippen LogP contribution < -0.4 is 5.32 Å². The average Bonchev–Trinajstić information content (AvgIpc) is 3.26. The predicted octanol–water partition coefficient (Wildman–Crippen LogP) is 5.21. The summed E-state index contributed by atoms with van der Waals surface area (Å²) in [6.45, 7) is 1.25. The van der Waals surface area contributed by atoms with Crippen LogP contribution >= 0.6 is 27.5 Å². The highest BCUT2D eigenvalue weighted by atomic mass is 79.9. The summed E-state index contributed by atoms with van der Waals surface area (Å²) in [5, 5.41) is 30.0. The molecule has 0 aliphatic carbocycles. The average molecular weight is 560 g/mol. The van der Waals surface area contributed by atoms with E-state index >= 15 is 0 Å². The molecule has 1 atom stereocenters. The predicted molar refractivity (Wildman–Crippen MR) is 131 cm³/mol. The number of anilines is 1. The first-order chi connectivity index (χ1) is 16.7. The van der Waals surface area contributed by atoms with Gasteiger partial charge in [0.15, 0.2) is 0 Å². The molecule has 0 spiro atoms. The Hall–Kier alpha value is -3.96. The second-order valence-electron chi connectivity index (χ2n) is 7.37. The topological polar surface area (TPSA) is 134 Å². The van der Waals surface area contributed by atoms with Crippen molar-refractivity contribution >= 4 is 56.6 Å². The molecule has 1 heterocycles. The molecular weight excluding hydrogens is 544 g/mol. The molecular formula is C23H16BrClN4O6. The third-order valence-electron chi connectivity index (χ3n) is 5.02. The van der Waals surface area contributed by atoms with E-state index in [0.29, 0.717) is 26.3 Å². The van der Waals surface area contributed by atoms with Gasteiger partial charge in [-0.25, -0.2) is 0 Å². The minimum atomic E-state index is -1.22. The number of aromatic hydroxyl groups is 1. The van der Waals surface area contributed by atoms with Gasteiger partial charge in [0.25, 0.3) is 5.91 Å². The first-order valence-corrected chi connectivity index (χ1v) is 11.2. The molecule has 1 unspecified atom stereocenters. The lowest BCUT2D eigenvalue weighted by atomic mass is 10.1. The largest absolute Gasteiger partial charge is 0.502 e. The third-order valence-corrected chi connectivity index (χ3v) is 5.81. The number of carbonyl (C=O) groups is 2. The molecule has 0 fully saturated rings. The molecule has 0 bridgehead atoms. The lowest BCUT2D eigenvalue weighted by molar-refractivity contribution is -0.386. The number of hydrazone groups is 1. The Morgan fingerprint density at radius 3 is 2.51 bits per heavy atom. The molecule has 3 aromatic carbocycles. The molecule has 10 nitrogen and oxygen atoms in total. The maximum absolute atomic E-state index is 12.5. The second kappa shape index (κ2) is 9.72. The SMILES string of the molecule is CC(=O)N1N=C(c2ccc(NC(=O)c3ccccc3Cl)cc2)OC1c1cc(Br)cc([N+](=O)[O-])c1O. The molecule has 35 heavy (non-hydrogen) atoms.